The highest BCUT2D eigenvalue weighted by Crippen LogP contribution is 2.45. The van der Waals surface area contributed by atoms with Crippen LogP contribution in [0.2, 0.25) is 0 Å². The van der Waals surface area contributed by atoms with E-state index in [-0.39, 0.29) is 40.2 Å². The predicted octanol–water partition coefficient (Wildman–Crippen LogP) is 3.15. The molecule has 0 radical (unpaired) electrons. The van der Waals surface area contributed by atoms with E-state index in [0.717, 1.165) is 25.7 Å². The summed E-state index contributed by atoms with van der Waals surface area (Å²) in [6.45, 7) is 2.44. The van der Waals surface area contributed by atoms with E-state index < -0.39 is 29.0 Å². The lowest BCUT2D eigenvalue weighted by molar-refractivity contribution is 0.110. The molecular weight excluding hydrogens is 396 g/mol. The molecule has 2 aliphatic carbocycles. The number of benzene rings is 1. The molecular formula is C21H23F2N3O4. The Bertz CT molecular complexity index is 1130. The molecule has 3 atom stereocenters. The Morgan fingerprint density at radius 1 is 1.27 bits per heavy atom. The van der Waals surface area contributed by atoms with Crippen molar-refractivity contribution in [2.45, 2.75) is 44.7 Å². The molecule has 1 aromatic carbocycles. The van der Waals surface area contributed by atoms with Gasteiger partial charge in [0.15, 0.2) is 17.4 Å². The Morgan fingerprint density at radius 3 is 2.63 bits per heavy atom. The van der Waals surface area contributed by atoms with Gasteiger partial charge < -0.3 is 25.0 Å². The molecule has 30 heavy (non-hydrogen) atoms. The molecule has 3 N–H and O–H groups in total. The smallest absolute Gasteiger partial charge is 0.449 e. The second-order valence-corrected chi connectivity index (χ2v) is 8.71. The van der Waals surface area contributed by atoms with Crippen molar-refractivity contribution in [3.63, 3.8) is 0 Å². The Balaban J connectivity index is 1.72. The fourth-order valence-corrected chi connectivity index (χ4v) is 5.10. The normalized spacial score (nSPS) is 25.7. The maximum absolute atomic E-state index is 15.8. The van der Waals surface area contributed by atoms with Gasteiger partial charge in [-0.15, -0.1) is 0 Å². The molecule has 3 fully saturated rings. The van der Waals surface area contributed by atoms with Crippen LogP contribution in [-0.4, -0.2) is 35.0 Å². The van der Waals surface area contributed by atoms with E-state index in [1.54, 1.807) is 4.90 Å². The first kappa shape index (κ1) is 19.3. The lowest BCUT2D eigenvalue weighted by Gasteiger charge is -2.50. The first-order valence-electron chi connectivity index (χ1n) is 10.3. The van der Waals surface area contributed by atoms with Gasteiger partial charge in [0.25, 0.3) is 0 Å². The lowest BCUT2D eigenvalue weighted by Crippen LogP contribution is -2.57. The van der Waals surface area contributed by atoms with Gasteiger partial charge in [-0.1, -0.05) is 0 Å². The van der Waals surface area contributed by atoms with E-state index in [1.165, 1.54) is 17.7 Å². The summed E-state index contributed by atoms with van der Waals surface area (Å²) in [5.41, 5.74) is 5.15. The molecule has 2 aromatic rings. The minimum atomic E-state index is -1.65. The summed E-state index contributed by atoms with van der Waals surface area (Å²) in [7, 11) is 0. The number of carbonyl (C=O) groups is 1. The van der Waals surface area contributed by atoms with Crippen LogP contribution in [0.15, 0.2) is 11.0 Å². The number of rotatable bonds is 3. The number of anilines is 1. The molecule has 2 heterocycles. The predicted molar refractivity (Wildman–Crippen MR) is 106 cm³/mol. The van der Waals surface area contributed by atoms with Gasteiger partial charge in [-0.05, 0) is 44.4 Å². The fraction of sp³-hybridized carbons (Fsp3) is 0.524. The number of nitrogens with zero attached hydrogens (tertiary/aromatic N) is 2. The molecule has 0 spiro atoms. The van der Waals surface area contributed by atoms with Crippen LogP contribution in [0.4, 0.5) is 19.3 Å². The van der Waals surface area contributed by atoms with Gasteiger partial charge in [-0.25, -0.2) is 13.6 Å². The summed E-state index contributed by atoms with van der Waals surface area (Å²) in [6.07, 6.45) is 2.89. The molecule has 0 bridgehead atoms. The zero-order valence-electron chi connectivity index (χ0n) is 16.5. The summed E-state index contributed by atoms with van der Waals surface area (Å²) in [5.74, 6) is -1.31. The molecule has 5 rings (SSSR count). The minimum absolute atomic E-state index is 0.00308. The van der Waals surface area contributed by atoms with Gasteiger partial charge in [-0.3, -0.25) is 4.79 Å². The number of piperidine rings is 1. The van der Waals surface area contributed by atoms with Crippen LogP contribution in [0.25, 0.3) is 10.9 Å². The highest BCUT2D eigenvalue weighted by Gasteiger charge is 2.43. The van der Waals surface area contributed by atoms with Gasteiger partial charge in [0.1, 0.15) is 5.69 Å². The molecule has 1 aliphatic heterocycles. The topological polar surface area (TPSA) is 97.8 Å². The standard InChI is InChI=1S/C21H23F2N3O4/c1-9-15-18(26(11-2-3-11)8-14(20(15)27)30-21(28)29)17(23)19(16(9)22)25-5-4-10-6-13(24)12(10)7-25/h8,10-13H,2-7,24H2,1H3,(H,28,29)/t10-,12-,13+/m1/s1. The minimum Gasteiger partial charge on any atom is -0.449 e. The summed E-state index contributed by atoms with van der Waals surface area (Å²) >= 11 is 0. The van der Waals surface area contributed by atoms with E-state index in [0.29, 0.717) is 19.0 Å². The zero-order chi connectivity index (χ0) is 21.3. The average Bonchev–Trinajstić information content (AvgIpc) is 3.52. The van der Waals surface area contributed by atoms with E-state index in [9.17, 15) is 9.59 Å². The number of halogens is 2. The molecule has 160 valence electrons. The number of aryl methyl sites for hydroxylation is 1. The zero-order valence-corrected chi connectivity index (χ0v) is 16.5. The van der Waals surface area contributed by atoms with E-state index in [1.807, 2.05) is 0 Å². The third kappa shape index (κ3) is 2.79. The molecule has 1 saturated heterocycles. The van der Waals surface area contributed by atoms with Crippen LogP contribution in [0, 0.1) is 30.4 Å². The van der Waals surface area contributed by atoms with Crippen LogP contribution in [0.3, 0.4) is 0 Å². The van der Waals surface area contributed by atoms with Crippen molar-refractivity contribution in [2.75, 3.05) is 18.0 Å². The van der Waals surface area contributed by atoms with Crippen LogP contribution < -0.4 is 20.8 Å². The molecule has 0 unspecified atom stereocenters. The van der Waals surface area contributed by atoms with Crippen molar-refractivity contribution in [3.05, 3.63) is 33.6 Å². The van der Waals surface area contributed by atoms with Crippen molar-refractivity contribution in [1.29, 1.82) is 0 Å². The number of carboxylic acid groups (broad SMARTS) is 1. The quantitative estimate of drug-likeness (QED) is 0.742. The summed E-state index contributed by atoms with van der Waals surface area (Å²) < 4.78 is 37.4. The number of pyridine rings is 1. The fourth-order valence-electron chi connectivity index (χ4n) is 5.10. The lowest BCUT2D eigenvalue weighted by atomic mass is 9.66. The number of hydrogen-bond acceptors (Lipinski definition) is 5. The molecule has 7 nitrogen and oxygen atoms in total. The third-order valence-corrected chi connectivity index (χ3v) is 6.92. The number of ether oxygens (including phenoxy) is 1. The second-order valence-electron chi connectivity index (χ2n) is 8.71. The van der Waals surface area contributed by atoms with Crippen molar-refractivity contribution >= 4 is 22.7 Å². The number of nitrogens with two attached hydrogens (primary N) is 1. The van der Waals surface area contributed by atoms with Gasteiger partial charge >= 0.3 is 6.16 Å². The summed E-state index contributed by atoms with van der Waals surface area (Å²) in [5, 5.41) is 8.77. The average molecular weight is 419 g/mol. The molecule has 9 heteroatoms. The number of hydrogen-bond donors (Lipinski definition) is 2. The molecule has 2 saturated carbocycles. The summed E-state index contributed by atoms with van der Waals surface area (Å²) in [4.78, 5) is 25.6. The monoisotopic (exact) mass is 419 g/mol. The summed E-state index contributed by atoms with van der Waals surface area (Å²) in [6, 6.07) is -0.0342. The Kier molecular flexibility index (Phi) is 4.29. The maximum Gasteiger partial charge on any atom is 0.511 e. The number of aromatic nitrogens is 1. The van der Waals surface area contributed by atoms with Gasteiger partial charge in [0.2, 0.25) is 5.43 Å². The third-order valence-electron chi connectivity index (χ3n) is 6.92. The van der Waals surface area contributed by atoms with Gasteiger partial charge in [-0.2, -0.15) is 0 Å². The largest absolute Gasteiger partial charge is 0.511 e. The van der Waals surface area contributed by atoms with Gasteiger partial charge in [0, 0.05) is 30.7 Å². The Labute approximate surface area is 171 Å². The number of fused-ring (bicyclic) bond motifs is 2. The van der Waals surface area contributed by atoms with Crippen LogP contribution >= 0.6 is 0 Å². The highest BCUT2D eigenvalue weighted by atomic mass is 19.1. The highest BCUT2D eigenvalue weighted by molar-refractivity contribution is 5.89. The van der Waals surface area contributed by atoms with Crippen LogP contribution in [0.1, 0.15) is 37.3 Å². The first-order valence-corrected chi connectivity index (χ1v) is 10.3. The van der Waals surface area contributed by atoms with E-state index >= 15 is 8.78 Å². The SMILES string of the molecule is Cc1c(F)c(N2CC[C@@H]3C[C@H](N)[C@@H]3C2)c(F)c2c1c(=O)c(OC(=O)O)cn2C1CC1. The Hall–Kier alpha value is -2.68. The molecule has 0 amide bonds. The van der Waals surface area contributed by atoms with Crippen molar-refractivity contribution < 1.29 is 23.4 Å². The maximum atomic E-state index is 15.8. The van der Waals surface area contributed by atoms with Crippen molar-refractivity contribution in [1.82, 2.24) is 4.57 Å². The Morgan fingerprint density at radius 2 is 2.00 bits per heavy atom. The molecule has 3 aliphatic rings. The van der Waals surface area contributed by atoms with Crippen molar-refractivity contribution in [2.24, 2.45) is 17.6 Å². The molecule has 1 aromatic heterocycles. The van der Waals surface area contributed by atoms with Crippen LogP contribution in [-0.2, 0) is 0 Å². The second kappa shape index (κ2) is 6.66. The van der Waals surface area contributed by atoms with Crippen LogP contribution in [0.5, 0.6) is 5.75 Å². The first-order chi connectivity index (χ1) is 14.3. The van der Waals surface area contributed by atoms with E-state index in [2.05, 4.69) is 4.74 Å². The van der Waals surface area contributed by atoms with Gasteiger partial charge in [0.05, 0.1) is 17.1 Å². The van der Waals surface area contributed by atoms with Crippen molar-refractivity contribution in [3.8, 4) is 5.75 Å². The van der Waals surface area contributed by atoms with E-state index in [4.69, 9.17) is 10.8 Å².